The fraction of sp³-hybridized carbons (Fsp3) is 0.308. The molecular weight excluding hydrogens is 234 g/mol. The zero-order valence-electron chi connectivity index (χ0n) is 9.97. The number of aryl methyl sites for hydroxylation is 1. The largest absolute Gasteiger partial charge is 0.478 e. The fourth-order valence-corrected chi connectivity index (χ4v) is 1.53. The smallest absolute Gasteiger partial charge is 0.338 e. The molecule has 0 amide bonds. The Bertz CT molecular complexity index is 502. The number of rotatable bonds is 5. The highest BCUT2D eigenvalue weighted by Crippen LogP contribution is 2.15. The lowest BCUT2D eigenvalue weighted by Crippen LogP contribution is -2.09. The van der Waals surface area contributed by atoms with E-state index >= 15 is 0 Å². The van der Waals surface area contributed by atoms with Crippen molar-refractivity contribution in [3.8, 4) is 6.07 Å². The second-order valence-electron chi connectivity index (χ2n) is 3.56. The number of ether oxygens (including phenoxy) is 1. The van der Waals surface area contributed by atoms with Gasteiger partial charge in [0.25, 0.3) is 0 Å². The van der Waals surface area contributed by atoms with Crippen LogP contribution in [0.5, 0.6) is 0 Å². The molecule has 0 fully saturated rings. The van der Waals surface area contributed by atoms with E-state index in [9.17, 15) is 9.59 Å². The third-order valence-corrected chi connectivity index (χ3v) is 2.36. The number of hydrogen-bond donors (Lipinski definition) is 1. The van der Waals surface area contributed by atoms with Crippen molar-refractivity contribution in [2.75, 3.05) is 6.61 Å². The van der Waals surface area contributed by atoms with Crippen molar-refractivity contribution in [2.45, 2.75) is 19.8 Å². The molecule has 0 heterocycles. The van der Waals surface area contributed by atoms with Gasteiger partial charge in [-0.3, -0.25) is 0 Å². The molecule has 0 aliphatic carbocycles. The number of carbonyl (C=O) groups excluding carboxylic acids is 1. The summed E-state index contributed by atoms with van der Waals surface area (Å²) < 4.78 is 4.80. The average Bonchev–Trinajstić information content (AvgIpc) is 2.36. The van der Waals surface area contributed by atoms with E-state index in [4.69, 9.17) is 15.1 Å². The van der Waals surface area contributed by atoms with Crippen LogP contribution in [0.3, 0.4) is 0 Å². The number of esters is 1. The number of hydrogen-bond acceptors (Lipinski definition) is 4. The first kappa shape index (κ1) is 13.7. The van der Waals surface area contributed by atoms with Gasteiger partial charge in [0.05, 0.1) is 23.8 Å². The number of nitrogens with zero attached hydrogens (tertiary/aromatic N) is 1. The van der Waals surface area contributed by atoms with Crippen molar-refractivity contribution < 1.29 is 19.4 Å². The molecule has 0 radical (unpaired) electrons. The minimum absolute atomic E-state index is 0.0378. The molecule has 0 unspecified atom stereocenters. The first-order chi connectivity index (χ1) is 8.60. The molecule has 1 rings (SSSR count). The van der Waals surface area contributed by atoms with Crippen LogP contribution < -0.4 is 0 Å². The first-order valence-corrected chi connectivity index (χ1v) is 5.50. The third-order valence-electron chi connectivity index (χ3n) is 2.36. The highest BCUT2D eigenvalue weighted by molar-refractivity contribution is 5.95. The van der Waals surface area contributed by atoms with Gasteiger partial charge in [-0.05, 0) is 31.0 Å². The Morgan fingerprint density at radius 2 is 2.17 bits per heavy atom. The predicted molar refractivity (Wildman–Crippen MR) is 63.3 cm³/mol. The minimum atomic E-state index is -1.12. The molecule has 0 bridgehead atoms. The monoisotopic (exact) mass is 247 g/mol. The summed E-state index contributed by atoms with van der Waals surface area (Å²) in [5.74, 6) is -1.67. The molecule has 18 heavy (non-hydrogen) atoms. The van der Waals surface area contributed by atoms with Crippen molar-refractivity contribution in [3.05, 3.63) is 34.9 Å². The van der Waals surface area contributed by atoms with Crippen molar-refractivity contribution in [1.29, 1.82) is 5.26 Å². The molecule has 0 spiro atoms. The van der Waals surface area contributed by atoms with Crippen molar-refractivity contribution in [2.24, 2.45) is 0 Å². The summed E-state index contributed by atoms with van der Waals surface area (Å²) in [6.45, 7) is 1.91. The number of carboxylic acids is 1. The first-order valence-electron chi connectivity index (χ1n) is 5.50. The van der Waals surface area contributed by atoms with Gasteiger partial charge in [0.2, 0.25) is 0 Å². The molecular formula is C13H13NO4. The fourth-order valence-electron chi connectivity index (χ4n) is 1.53. The Morgan fingerprint density at radius 1 is 1.44 bits per heavy atom. The van der Waals surface area contributed by atoms with Crippen LogP contribution >= 0.6 is 0 Å². The molecule has 0 saturated heterocycles. The summed E-state index contributed by atoms with van der Waals surface area (Å²) in [6.07, 6.45) is 0.584. The Kier molecular flexibility index (Phi) is 4.88. The van der Waals surface area contributed by atoms with Gasteiger partial charge >= 0.3 is 11.9 Å². The summed E-state index contributed by atoms with van der Waals surface area (Å²) >= 11 is 0. The number of carboxylic acid groups (broad SMARTS) is 1. The van der Waals surface area contributed by atoms with Gasteiger partial charge in [0, 0.05) is 6.42 Å². The van der Waals surface area contributed by atoms with E-state index in [-0.39, 0.29) is 24.2 Å². The number of aromatic carboxylic acids is 1. The normalized spacial score (nSPS) is 9.56. The topological polar surface area (TPSA) is 87.4 Å². The molecule has 5 nitrogen and oxygen atoms in total. The standard InChI is InChI=1S/C13H13NO4/c1-2-18-13(17)10-6-5-9(4-3-7-14)11(8-10)12(15)16/h5-6,8H,2-4H2,1H3,(H,15,16). The molecule has 0 aliphatic heterocycles. The summed E-state index contributed by atoms with van der Waals surface area (Å²) in [5.41, 5.74) is 0.780. The predicted octanol–water partition coefficient (Wildman–Crippen LogP) is 2.02. The molecule has 0 aromatic heterocycles. The molecule has 5 heteroatoms. The van der Waals surface area contributed by atoms with Gasteiger partial charge in [-0.2, -0.15) is 5.26 Å². The third kappa shape index (κ3) is 3.32. The number of benzene rings is 1. The van der Waals surface area contributed by atoms with Crippen LogP contribution in [0.1, 0.15) is 39.6 Å². The van der Waals surface area contributed by atoms with Crippen molar-refractivity contribution in [3.63, 3.8) is 0 Å². The van der Waals surface area contributed by atoms with Crippen LogP contribution in [0.25, 0.3) is 0 Å². The summed E-state index contributed by atoms with van der Waals surface area (Å²) in [4.78, 5) is 22.6. The van der Waals surface area contributed by atoms with Crippen LogP contribution in [-0.4, -0.2) is 23.7 Å². The molecule has 94 valence electrons. The van der Waals surface area contributed by atoms with Gasteiger partial charge in [-0.1, -0.05) is 6.07 Å². The van der Waals surface area contributed by atoms with E-state index in [0.717, 1.165) is 0 Å². The highest BCUT2D eigenvalue weighted by Gasteiger charge is 2.14. The van der Waals surface area contributed by atoms with Gasteiger partial charge < -0.3 is 9.84 Å². The van der Waals surface area contributed by atoms with Crippen molar-refractivity contribution in [1.82, 2.24) is 0 Å². The van der Waals surface area contributed by atoms with E-state index in [0.29, 0.717) is 12.0 Å². The summed E-state index contributed by atoms with van der Waals surface area (Å²) in [5, 5.41) is 17.6. The maximum atomic E-state index is 11.5. The summed E-state index contributed by atoms with van der Waals surface area (Å²) in [7, 11) is 0. The molecule has 0 atom stereocenters. The van der Waals surface area contributed by atoms with E-state index in [1.54, 1.807) is 13.0 Å². The second kappa shape index (κ2) is 6.40. The van der Waals surface area contributed by atoms with Gasteiger partial charge in [0.1, 0.15) is 0 Å². The van der Waals surface area contributed by atoms with E-state index in [1.807, 2.05) is 6.07 Å². The van der Waals surface area contributed by atoms with Gasteiger partial charge in [-0.25, -0.2) is 9.59 Å². The summed E-state index contributed by atoms with van der Waals surface area (Å²) in [6, 6.07) is 6.30. The lowest BCUT2D eigenvalue weighted by Gasteiger charge is -2.07. The number of carbonyl (C=O) groups is 2. The lowest BCUT2D eigenvalue weighted by molar-refractivity contribution is 0.0526. The van der Waals surface area contributed by atoms with Gasteiger partial charge in [-0.15, -0.1) is 0 Å². The highest BCUT2D eigenvalue weighted by atomic mass is 16.5. The van der Waals surface area contributed by atoms with Crippen LogP contribution in [0.2, 0.25) is 0 Å². The minimum Gasteiger partial charge on any atom is -0.478 e. The zero-order chi connectivity index (χ0) is 13.5. The Labute approximate surface area is 105 Å². The van der Waals surface area contributed by atoms with E-state index in [2.05, 4.69) is 0 Å². The molecule has 1 N–H and O–H groups in total. The van der Waals surface area contributed by atoms with Crippen LogP contribution in [-0.2, 0) is 11.2 Å². The Balaban J connectivity index is 3.07. The van der Waals surface area contributed by atoms with Crippen LogP contribution in [0, 0.1) is 11.3 Å². The lowest BCUT2D eigenvalue weighted by atomic mass is 10.0. The van der Waals surface area contributed by atoms with Crippen LogP contribution in [0.15, 0.2) is 18.2 Å². The maximum absolute atomic E-state index is 11.5. The Hall–Kier alpha value is -2.35. The van der Waals surface area contributed by atoms with Crippen molar-refractivity contribution >= 4 is 11.9 Å². The van der Waals surface area contributed by atoms with Crippen LogP contribution in [0.4, 0.5) is 0 Å². The zero-order valence-corrected chi connectivity index (χ0v) is 9.97. The second-order valence-corrected chi connectivity index (χ2v) is 3.56. The molecule has 0 saturated carbocycles. The number of nitriles is 1. The van der Waals surface area contributed by atoms with Gasteiger partial charge in [0.15, 0.2) is 0 Å². The van der Waals surface area contributed by atoms with E-state index < -0.39 is 11.9 Å². The molecule has 1 aromatic carbocycles. The average molecular weight is 247 g/mol. The molecule has 1 aromatic rings. The SMILES string of the molecule is CCOC(=O)c1ccc(CCC#N)c(C(=O)O)c1. The quantitative estimate of drug-likeness (QED) is 0.804. The van der Waals surface area contributed by atoms with E-state index in [1.165, 1.54) is 12.1 Å². The maximum Gasteiger partial charge on any atom is 0.338 e. The molecule has 0 aliphatic rings. The Morgan fingerprint density at radius 3 is 2.72 bits per heavy atom.